The van der Waals surface area contributed by atoms with Crippen LogP contribution in [0.5, 0.6) is 5.75 Å². The lowest BCUT2D eigenvalue weighted by Gasteiger charge is -2.56. The maximum absolute atomic E-state index is 10.7. The summed E-state index contributed by atoms with van der Waals surface area (Å²) in [5, 5.41) is 12.9. The highest BCUT2D eigenvalue weighted by Crippen LogP contribution is 2.65. The number of piperidine rings is 1. The summed E-state index contributed by atoms with van der Waals surface area (Å²) in [5.41, 5.74) is 4.07. The molecule has 1 unspecified atom stereocenters. The molecule has 1 aliphatic carbocycles. The number of H-pyrrole nitrogens is 1. The van der Waals surface area contributed by atoms with Crippen molar-refractivity contribution in [2.24, 2.45) is 11.3 Å². The highest BCUT2D eigenvalue weighted by molar-refractivity contribution is 6.11. The maximum atomic E-state index is 10.7. The standard InChI is InChI=1S/C36H42N4O2/c41-29-13-10-12-25-26-15-18-37-32(33(26)38-31(25)29)27-22-36-17-8-3-1-2-4-9-19-39-20-16-28(27)35(23-39)21-24-11-6-5-7-14-30(42-36)40(24)34(35)36/h1,3,6,10-13,15,18,22,24,28,30,34,38,41H,2,4-5,7-9,14,16-17,19-21,23H2/t24-,28-,30+,34+,35-,36-/m0/s1. The van der Waals surface area contributed by atoms with Gasteiger partial charge >= 0.3 is 0 Å². The fraction of sp³-hybridized carbons (Fsp3) is 0.528. The van der Waals surface area contributed by atoms with Gasteiger partial charge in [-0.1, -0.05) is 36.4 Å². The molecule has 0 radical (unpaired) electrons. The number of aromatic nitrogens is 2. The summed E-state index contributed by atoms with van der Waals surface area (Å²) in [6, 6.07) is 8.74. The number of allylic oxidation sites excluding steroid dienone is 4. The van der Waals surface area contributed by atoms with Gasteiger partial charge in [0.1, 0.15) is 17.6 Å². The Morgan fingerprint density at radius 2 is 1.86 bits per heavy atom. The predicted molar refractivity (Wildman–Crippen MR) is 167 cm³/mol. The van der Waals surface area contributed by atoms with Gasteiger partial charge in [0.15, 0.2) is 0 Å². The van der Waals surface area contributed by atoms with E-state index >= 15 is 0 Å². The van der Waals surface area contributed by atoms with E-state index in [0.717, 1.165) is 72.7 Å². The van der Waals surface area contributed by atoms with Crippen LogP contribution in [0.25, 0.3) is 27.4 Å². The van der Waals surface area contributed by atoms with Crippen molar-refractivity contribution in [2.45, 2.75) is 88.1 Å². The third-order valence-corrected chi connectivity index (χ3v) is 11.6. The van der Waals surface area contributed by atoms with Crippen molar-refractivity contribution >= 4 is 27.4 Å². The minimum absolute atomic E-state index is 0.117. The summed E-state index contributed by atoms with van der Waals surface area (Å²) < 4.78 is 7.43. The van der Waals surface area contributed by atoms with Crippen molar-refractivity contribution in [3.8, 4) is 5.75 Å². The predicted octanol–water partition coefficient (Wildman–Crippen LogP) is 6.93. The number of rotatable bonds is 1. The molecule has 3 fully saturated rings. The lowest BCUT2D eigenvalue weighted by molar-refractivity contribution is -0.0733. The number of pyridine rings is 1. The summed E-state index contributed by atoms with van der Waals surface area (Å²) in [7, 11) is 0. The minimum Gasteiger partial charge on any atom is -0.506 e. The van der Waals surface area contributed by atoms with Crippen LogP contribution >= 0.6 is 0 Å². The van der Waals surface area contributed by atoms with Crippen LogP contribution in [0, 0.1) is 11.3 Å². The van der Waals surface area contributed by atoms with E-state index in [1.165, 1.54) is 44.2 Å². The van der Waals surface area contributed by atoms with Crippen molar-refractivity contribution in [1.29, 1.82) is 0 Å². The van der Waals surface area contributed by atoms with E-state index in [1.54, 1.807) is 6.07 Å². The van der Waals surface area contributed by atoms with E-state index in [4.69, 9.17) is 9.72 Å². The Morgan fingerprint density at radius 3 is 2.83 bits per heavy atom. The lowest BCUT2D eigenvalue weighted by Crippen LogP contribution is -2.62. The Kier molecular flexibility index (Phi) is 5.80. The molecule has 6 aliphatic rings. The molecule has 3 saturated heterocycles. The lowest BCUT2D eigenvalue weighted by atomic mass is 9.55. The first-order valence-electron chi connectivity index (χ1n) is 16.5. The van der Waals surface area contributed by atoms with Gasteiger partial charge in [0.2, 0.25) is 0 Å². The van der Waals surface area contributed by atoms with Gasteiger partial charge in [-0.05, 0) is 107 Å². The van der Waals surface area contributed by atoms with E-state index < -0.39 is 0 Å². The molecule has 0 amide bonds. The summed E-state index contributed by atoms with van der Waals surface area (Å²) in [5.74, 6) is 0.720. The Bertz CT molecular complexity index is 1640. The molecule has 218 valence electrons. The Labute approximate surface area is 248 Å². The van der Waals surface area contributed by atoms with Gasteiger partial charge in [0, 0.05) is 35.0 Å². The molecule has 1 spiro atoms. The monoisotopic (exact) mass is 562 g/mol. The largest absolute Gasteiger partial charge is 0.506 e. The number of hydrogen-bond donors (Lipinski definition) is 2. The Hall–Kier alpha value is -2.93. The second kappa shape index (κ2) is 9.54. The van der Waals surface area contributed by atoms with Gasteiger partial charge in [-0.2, -0.15) is 0 Å². The van der Waals surface area contributed by atoms with Gasteiger partial charge in [0.25, 0.3) is 0 Å². The van der Waals surface area contributed by atoms with Gasteiger partial charge in [-0.25, -0.2) is 0 Å². The molecule has 7 atom stereocenters. The van der Waals surface area contributed by atoms with Crippen molar-refractivity contribution < 1.29 is 9.84 Å². The van der Waals surface area contributed by atoms with Crippen molar-refractivity contribution in [3.05, 3.63) is 66.5 Å². The summed E-state index contributed by atoms with van der Waals surface area (Å²) in [6.45, 7) is 3.49. The molecule has 9 rings (SSSR count). The van der Waals surface area contributed by atoms with Gasteiger partial charge in [-0.3, -0.25) is 9.88 Å². The van der Waals surface area contributed by atoms with Crippen LogP contribution < -0.4 is 0 Å². The van der Waals surface area contributed by atoms with Crippen LogP contribution in [0.1, 0.15) is 69.9 Å². The molecule has 3 bridgehead atoms. The summed E-state index contributed by atoms with van der Waals surface area (Å²) in [4.78, 5) is 14.4. The van der Waals surface area contributed by atoms with E-state index in [9.17, 15) is 5.11 Å². The second-order valence-electron chi connectivity index (χ2n) is 13.9. The van der Waals surface area contributed by atoms with E-state index in [1.807, 2.05) is 12.3 Å². The van der Waals surface area contributed by atoms with Crippen LogP contribution in [0.2, 0.25) is 0 Å². The number of phenols is 1. The van der Waals surface area contributed by atoms with Gasteiger partial charge < -0.3 is 19.7 Å². The van der Waals surface area contributed by atoms with Gasteiger partial charge in [-0.15, -0.1) is 0 Å². The smallest absolute Gasteiger partial charge is 0.139 e. The van der Waals surface area contributed by atoms with Crippen LogP contribution in [-0.2, 0) is 4.74 Å². The summed E-state index contributed by atoms with van der Waals surface area (Å²) in [6.07, 6.45) is 26.2. The first-order chi connectivity index (χ1) is 20.7. The average Bonchev–Trinajstić information content (AvgIpc) is 3.63. The number of para-hydroxylation sites is 1. The number of nitrogens with one attached hydrogen (secondary N) is 1. The molecule has 0 saturated carbocycles. The molecule has 5 aliphatic heterocycles. The molecule has 7 heterocycles. The molecular weight excluding hydrogens is 520 g/mol. The third kappa shape index (κ3) is 3.58. The molecular formula is C36H42N4O2. The zero-order valence-electron chi connectivity index (χ0n) is 24.5. The minimum atomic E-state index is -0.331. The average molecular weight is 563 g/mol. The maximum Gasteiger partial charge on any atom is 0.139 e. The van der Waals surface area contributed by atoms with Crippen molar-refractivity contribution in [1.82, 2.24) is 19.8 Å². The number of benzene rings is 1. The number of nitrogens with zero attached hydrogens (tertiary/aromatic N) is 3. The highest BCUT2D eigenvalue weighted by Gasteiger charge is 2.71. The molecule has 2 N–H and O–H groups in total. The van der Waals surface area contributed by atoms with Crippen molar-refractivity contribution in [3.63, 3.8) is 0 Å². The first-order valence-corrected chi connectivity index (χ1v) is 16.5. The fourth-order valence-corrected chi connectivity index (χ4v) is 10.1. The Balaban J connectivity index is 1.29. The van der Waals surface area contributed by atoms with Crippen molar-refractivity contribution in [2.75, 3.05) is 19.6 Å². The van der Waals surface area contributed by atoms with E-state index in [-0.39, 0.29) is 17.2 Å². The Morgan fingerprint density at radius 1 is 0.952 bits per heavy atom. The van der Waals surface area contributed by atoms with Crippen LogP contribution in [-0.4, -0.2) is 68.4 Å². The molecule has 2 aromatic heterocycles. The van der Waals surface area contributed by atoms with Crippen LogP contribution in [0.3, 0.4) is 0 Å². The number of phenolic OH excluding ortho intramolecular Hbond substituents is 1. The second-order valence-corrected chi connectivity index (χ2v) is 13.9. The van der Waals surface area contributed by atoms with Gasteiger partial charge in [0.05, 0.1) is 22.8 Å². The highest BCUT2D eigenvalue weighted by atomic mass is 16.5. The molecule has 6 heteroatoms. The molecule has 1 aromatic carbocycles. The number of hydrogen-bond acceptors (Lipinski definition) is 5. The molecule has 42 heavy (non-hydrogen) atoms. The summed E-state index contributed by atoms with van der Waals surface area (Å²) >= 11 is 0. The van der Waals surface area contributed by atoms with E-state index in [0.29, 0.717) is 23.8 Å². The molecule has 6 nitrogen and oxygen atoms in total. The molecule has 3 aromatic rings. The topological polar surface area (TPSA) is 64.6 Å². The number of fused-ring (bicyclic) bond motifs is 4. The zero-order valence-corrected chi connectivity index (χ0v) is 24.5. The first kappa shape index (κ1) is 25.6. The zero-order chi connectivity index (χ0) is 27.9. The SMILES string of the molecule is Oc1cccc2c1[nH]c1c(C3=C[C@]45CCC=CCCCCN6CC[C@@H]3[C@]3(C[C@@H]7C=CCCC[C@@H](O4)N7[C@H]35)C6)nccc12. The van der Waals surface area contributed by atoms with Crippen LogP contribution in [0.15, 0.2) is 60.8 Å². The third-order valence-electron chi connectivity index (χ3n) is 11.6. The number of aromatic amines is 1. The quantitative estimate of drug-likeness (QED) is 0.315. The van der Waals surface area contributed by atoms with Crippen LogP contribution in [0.4, 0.5) is 0 Å². The number of aromatic hydroxyl groups is 1. The number of ether oxygens (including phenoxy) is 1. The normalized spacial score (nSPS) is 38.0. The fourth-order valence-electron chi connectivity index (χ4n) is 10.1. The van der Waals surface area contributed by atoms with E-state index in [2.05, 4.69) is 57.3 Å².